The van der Waals surface area contributed by atoms with Crippen LogP contribution in [0.2, 0.25) is 0 Å². The van der Waals surface area contributed by atoms with Gasteiger partial charge in [0, 0.05) is 0 Å². The third kappa shape index (κ3) is 1.94. The summed E-state index contributed by atoms with van der Waals surface area (Å²) in [6.07, 6.45) is 0. The van der Waals surface area contributed by atoms with Gasteiger partial charge in [0.25, 0.3) is 5.69 Å². The van der Waals surface area contributed by atoms with E-state index in [1.807, 2.05) is 0 Å². The molecule has 7 heteroatoms. The van der Waals surface area contributed by atoms with Crippen LogP contribution < -0.4 is 4.74 Å². The van der Waals surface area contributed by atoms with Crippen LogP contribution in [0.4, 0.5) is 5.69 Å². The average Bonchev–Trinajstić information content (AvgIpc) is 2.21. The number of ether oxygens (including phenoxy) is 1. The zero-order valence-corrected chi connectivity index (χ0v) is 9.68. The van der Waals surface area contributed by atoms with Gasteiger partial charge in [0.2, 0.25) is 0 Å². The highest BCUT2D eigenvalue weighted by Gasteiger charge is 2.23. The lowest BCUT2D eigenvalue weighted by atomic mass is 10.2. The van der Waals surface area contributed by atoms with E-state index in [0.29, 0.717) is 0 Å². The first kappa shape index (κ1) is 11.5. The van der Waals surface area contributed by atoms with Crippen molar-refractivity contribution in [3.05, 3.63) is 25.3 Å². The molecule has 0 aliphatic carbocycles. The van der Waals surface area contributed by atoms with Crippen molar-refractivity contribution in [1.29, 1.82) is 5.26 Å². The van der Waals surface area contributed by atoms with E-state index in [1.54, 1.807) is 28.7 Å². The minimum absolute atomic E-state index is 0.0231. The van der Waals surface area contributed by atoms with Gasteiger partial charge in [-0.15, -0.1) is 0 Å². The molecule has 0 spiro atoms. The molecule has 0 aliphatic rings. The van der Waals surface area contributed by atoms with Crippen molar-refractivity contribution in [3.63, 3.8) is 0 Å². The lowest BCUT2D eigenvalue weighted by Crippen LogP contribution is -1.97. The normalized spacial score (nSPS) is 9.40. The molecular formula is C8H5IN2O4. The van der Waals surface area contributed by atoms with Crippen molar-refractivity contribution in [1.82, 2.24) is 0 Å². The zero-order chi connectivity index (χ0) is 11.6. The molecule has 0 amide bonds. The van der Waals surface area contributed by atoms with E-state index in [-0.39, 0.29) is 26.3 Å². The van der Waals surface area contributed by atoms with E-state index in [4.69, 9.17) is 10.00 Å². The molecule has 0 bridgehead atoms. The van der Waals surface area contributed by atoms with Crippen molar-refractivity contribution >= 4 is 28.3 Å². The van der Waals surface area contributed by atoms with Gasteiger partial charge in [-0.05, 0) is 22.6 Å². The Hall–Kier alpha value is -1.56. The quantitative estimate of drug-likeness (QED) is 0.509. The summed E-state index contributed by atoms with van der Waals surface area (Å²) in [4.78, 5) is 9.93. The Morgan fingerprint density at radius 1 is 1.73 bits per heavy atom. The van der Waals surface area contributed by atoms with Crippen LogP contribution in [-0.2, 0) is 0 Å². The van der Waals surface area contributed by atoms with Gasteiger partial charge in [-0.25, -0.2) is 0 Å². The van der Waals surface area contributed by atoms with Gasteiger partial charge in [-0.1, -0.05) is 0 Å². The number of hydrogen-bond acceptors (Lipinski definition) is 5. The molecule has 0 aromatic heterocycles. The number of phenols is 1. The Balaban J connectivity index is 3.60. The van der Waals surface area contributed by atoms with Crippen molar-refractivity contribution in [2.24, 2.45) is 0 Å². The second-order valence-electron chi connectivity index (χ2n) is 2.50. The van der Waals surface area contributed by atoms with E-state index in [0.717, 1.165) is 6.07 Å². The Kier molecular flexibility index (Phi) is 3.31. The van der Waals surface area contributed by atoms with Crippen LogP contribution in [0.1, 0.15) is 5.56 Å². The van der Waals surface area contributed by atoms with Gasteiger partial charge >= 0.3 is 0 Å². The topological polar surface area (TPSA) is 96.4 Å². The van der Waals surface area contributed by atoms with Crippen LogP contribution in [0.25, 0.3) is 0 Å². The predicted octanol–water partition coefficient (Wildman–Crippen LogP) is 1.79. The van der Waals surface area contributed by atoms with Crippen LogP contribution in [0.5, 0.6) is 11.5 Å². The van der Waals surface area contributed by atoms with Crippen molar-refractivity contribution in [3.8, 4) is 17.6 Å². The number of benzene rings is 1. The van der Waals surface area contributed by atoms with Gasteiger partial charge in [0.15, 0.2) is 11.5 Å². The standard InChI is InChI=1S/C8H5IN2O4/c1-15-6-2-5(11(13)14)4(3-10)7(9)8(6)12/h2,12H,1H3. The van der Waals surface area contributed by atoms with E-state index in [1.165, 1.54) is 7.11 Å². The first-order chi connectivity index (χ1) is 7.02. The van der Waals surface area contributed by atoms with Crippen LogP contribution in [-0.4, -0.2) is 17.1 Å². The highest BCUT2D eigenvalue weighted by Crippen LogP contribution is 2.38. The molecule has 0 unspecified atom stereocenters. The van der Waals surface area contributed by atoms with E-state index >= 15 is 0 Å². The minimum atomic E-state index is -0.692. The fourth-order valence-electron chi connectivity index (χ4n) is 1.01. The number of nitriles is 1. The fraction of sp³-hybridized carbons (Fsp3) is 0.125. The maximum absolute atomic E-state index is 10.6. The first-order valence-electron chi connectivity index (χ1n) is 3.66. The number of halogens is 1. The highest BCUT2D eigenvalue weighted by molar-refractivity contribution is 14.1. The molecule has 0 saturated heterocycles. The van der Waals surface area contributed by atoms with Gasteiger partial charge in [0.1, 0.15) is 11.6 Å². The molecule has 0 saturated carbocycles. The zero-order valence-electron chi connectivity index (χ0n) is 7.52. The van der Waals surface area contributed by atoms with E-state index in [2.05, 4.69) is 0 Å². The molecule has 0 heterocycles. The maximum atomic E-state index is 10.6. The summed E-state index contributed by atoms with van der Waals surface area (Å²) in [5, 5.41) is 28.9. The number of aromatic hydroxyl groups is 1. The smallest absolute Gasteiger partial charge is 0.292 e. The van der Waals surface area contributed by atoms with Crippen LogP contribution in [0.15, 0.2) is 6.07 Å². The Labute approximate surface area is 98.4 Å². The number of nitro groups is 1. The molecular weight excluding hydrogens is 315 g/mol. The molecule has 6 nitrogen and oxygen atoms in total. The Morgan fingerprint density at radius 2 is 2.33 bits per heavy atom. The van der Waals surface area contributed by atoms with Gasteiger partial charge in [-0.3, -0.25) is 10.1 Å². The first-order valence-corrected chi connectivity index (χ1v) is 4.74. The molecule has 1 N–H and O–H groups in total. The van der Waals surface area contributed by atoms with E-state index < -0.39 is 4.92 Å². The monoisotopic (exact) mass is 320 g/mol. The average molecular weight is 320 g/mol. The summed E-state index contributed by atoms with van der Waals surface area (Å²) < 4.78 is 4.86. The largest absolute Gasteiger partial charge is 0.503 e. The van der Waals surface area contributed by atoms with Crippen molar-refractivity contribution in [2.75, 3.05) is 7.11 Å². The van der Waals surface area contributed by atoms with Gasteiger partial charge < -0.3 is 9.84 Å². The van der Waals surface area contributed by atoms with Crippen LogP contribution >= 0.6 is 22.6 Å². The molecule has 1 aromatic carbocycles. The summed E-state index contributed by atoms with van der Waals surface area (Å²) in [5.74, 6) is -0.287. The molecule has 0 atom stereocenters. The molecule has 15 heavy (non-hydrogen) atoms. The Bertz CT molecular complexity index is 467. The van der Waals surface area contributed by atoms with Crippen molar-refractivity contribution in [2.45, 2.75) is 0 Å². The van der Waals surface area contributed by atoms with Crippen LogP contribution in [0, 0.1) is 25.0 Å². The number of methoxy groups -OCH3 is 1. The minimum Gasteiger partial charge on any atom is -0.503 e. The molecule has 1 aromatic rings. The summed E-state index contributed by atoms with van der Waals surface area (Å²) >= 11 is 1.66. The summed E-state index contributed by atoms with van der Waals surface area (Å²) in [6.45, 7) is 0. The third-order valence-corrected chi connectivity index (χ3v) is 2.76. The molecule has 0 radical (unpaired) electrons. The molecule has 0 aliphatic heterocycles. The van der Waals surface area contributed by atoms with Crippen LogP contribution in [0.3, 0.4) is 0 Å². The number of hydrogen-bond donors (Lipinski definition) is 1. The SMILES string of the molecule is COc1cc([N+](=O)[O-])c(C#N)c(I)c1O. The summed E-state index contributed by atoms with van der Waals surface area (Å²) in [7, 11) is 1.28. The molecule has 78 valence electrons. The molecule has 1 rings (SSSR count). The lowest BCUT2D eigenvalue weighted by Gasteiger charge is -2.06. The second kappa shape index (κ2) is 4.31. The highest BCUT2D eigenvalue weighted by atomic mass is 127. The summed E-state index contributed by atoms with van der Waals surface area (Å²) in [5.41, 5.74) is -0.546. The third-order valence-electron chi connectivity index (χ3n) is 1.71. The maximum Gasteiger partial charge on any atom is 0.292 e. The molecule has 0 fully saturated rings. The Morgan fingerprint density at radius 3 is 2.73 bits per heavy atom. The second-order valence-corrected chi connectivity index (χ2v) is 3.58. The lowest BCUT2D eigenvalue weighted by molar-refractivity contribution is -0.385. The number of nitrogens with zero attached hydrogens (tertiary/aromatic N) is 2. The summed E-state index contributed by atoms with van der Waals surface area (Å²) in [6, 6.07) is 2.70. The number of rotatable bonds is 2. The van der Waals surface area contributed by atoms with E-state index in [9.17, 15) is 15.2 Å². The number of nitro benzene ring substituents is 1. The number of phenolic OH excluding ortho intramolecular Hbond substituents is 1. The van der Waals surface area contributed by atoms with Gasteiger partial charge in [0.05, 0.1) is 21.7 Å². The van der Waals surface area contributed by atoms with Crippen molar-refractivity contribution < 1.29 is 14.8 Å². The predicted molar refractivity (Wildman–Crippen MR) is 58.7 cm³/mol. The van der Waals surface area contributed by atoms with Gasteiger partial charge in [-0.2, -0.15) is 5.26 Å². The fourth-order valence-corrected chi connectivity index (χ4v) is 1.67.